The van der Waals surface area contributed by atoms with Gasteiger partial charge >= 0.3 is 0 Å². The Balaban J connectivity index is 1.74. The molecule has 0 aliphatic rings. The molecule has 1 nitrogen and oxygen atoms in total. The van der Waals surface area contributed by atoms with E-state index in [2.05, 4.69) is 63.4 Å². The summed E-state index contributed by atoms with van der Waals surface area (Å²) < 4.78 is 0. The second-order valence-electron chi connectivity index (χ2n) is 8.91. The average molecular weight is 394 g/mol. The van der Waals surface area contributed by atoms with Gasteiger partial charge in [-0.1, -0.05) is 109 Å². The third-order valence-corrected chi connectivity index (χ3v) is 6.12. The van der Waals surface area contributed by atoms with Crippen LogP contribution in [0.1, 0.15) is 103 Å². The number of aromatic nitrogens is 1. The van der Waals surface area contributed by atoms with Crippen molar-refractivity contribution < 1.29 is 0 Å². The number of hydrogen-bond donors (Lipinski definition) is 0. The Morgan fingerprint density at radius 1 is 0.655 bits per heavy atom. The highest BCUT2D eigenvalue weighted by molar-refractivity contribution is 5.59. The number of pyridine rings is 1. The van der Waals surface area contributed by atoms with Crippen LogP contribution in [0.3, 0.4) is 0 Å². The van der Waals surface area contributed by atoms with E-state index in [1.807, 2.05) is 0 Å². The van der Waals surface area contributed by atoms with Gasteiger partial charge < -0.3 is 0 Å². The summed E-state index contributed by atoms with van der Waals surface area (Å²) in [5, 5.41) is 0. The first-order valence-corrected chi connectivity index (χ1v) is 12.3. The van der Waals surface area contributed by atoms with Crippen molar-refractivity contribution in [3.8, 4) is 11.3 Å². The zero-order chi connectivity index (χ0) is 20.7. The zero-order valence-corrected chi connectivity index (χ0v) is 19.3. The third-order valence-electron chi connectivity index (χ3n) is 6.12. The molecule has 1 aromatic heterocycles. The fourth-order valence-electron chi connectivity index (χ4n) is 3.99. The Morgan fingerprint density at radius 2 is 1.31 bits per heavy atom. The number of aryl methyl sites for hydroxylation is 2. The van der Waals surface area contributed by atoms with Crippen molar-refractivity contribution in [2.24, 2.45) is 5.92 Å². The molecule has 0 radical (unpaired) electrons. The van der Waals surface area contributed by atoms with Gasteiger partial charge in [0.25, 0.3) is 0 Å². The molecule has 0 saturated heterocycles. The quantitative estimate of drug-likeness (QED) is 0.275. The van der Waals surface area contributed by atoms with Gasteiger partial charge in [-0.05, 0) is 48.8 Å². The second kappa shape index (κ2) is 14.4. The Morgan fingerprint density at radius 3 is 2.00 bits per heavy atom. The molecule has 0 saturated carbocycles. The molecular weight excluding hydrogens is 350 g/mol. The van der Waals surface area contributed by atoms with E-state index in [1.54, 1.807) is 0 Å². The molecule has 0 aliphatic heterocycles. The SMILES string of the molecule is CCCCCCCCc1ccc(-c2ccc(CCC(C)CCCCC)cn2)cc1. The predicted molar refractivity (Wildman–Crippen MR) is 128 cm³/mol. The van der Waals surface area contributed by atoms with E-state index in [0.29, 0.717) is 0 Å². The van der Waals surface area contributed by atoms with Crippen LogP contribution in [-0.4, -0.2) is 4.98 Å². The number of hydrogen-bond acceptors (Lipinski definition) is 1. The molecule has 0 N–H and O–H groups in total. The van der Waals surface area contributed by atoms with Crippen molar-refractivity contribution in [2.45, 2.75) is 104 Å². The number of rotatable bonds is 15. The van der Waals surface area contributed by atoms with E-state index in [4.69, 9.17) is 4.98 Å². The monoisotopic (exact) mass is 393 g/mol. The van der Waals surface area contributed by atoms with Gasteiger partial charge in [-0.25, -0.2) is 0 Å². The highest BCUT2D eigenvalue weighted by Crippen LogP contribution is 2.21. The smallest absolute Gasteiger partial charge is 0.0702 e. The Hall–Kier alpha value is -1.63. The van der Waals surface area contributed by atoms with Gasteiger partial charge in [0.2, 0.25) is 0 Å². The molecule has 0 spiro atoms. The first kappa shape index (κ1) is 23.6. The molecular formula is C28H43N. The van der Waals surface area contributed by atoms with Gasteiger partial charge in [0.15, 0.2) is 0 Å². The zero-order valence-electron chi connectivity index (χ0n) is 19.3. The van der Waals surface area contributed by atoms with Crippen LogP contribution in [0.5, 0.6) is 0 Å². The molecule has 160 valence electrons. The van der Waals surface area contributed by atoms with Crippen LogP contribution >= 0.6 is 0 Å². The topological polar surface area (TPSA) is 12.9 Å². The Bertz CT molecular complexity index is 641. The van der Waals surface area contributed by atoms with Crippen molar-refractivity contribution in [1.82, 2.24) is 4.98 Å². The summed E-state index contributed by atoms with van der Waals surface area (Å²) in [7, 11) is 0. The number of benzene rings is 1. The fraction of sp³-hybridized carbons (Fsp3) is 0.607. The summed E-state index contributed by atoms with van der Waals surface area (Å²) >= 11 is 0. The maximum Gasteiger partial charge on any atom is 0.0702 e. The summed E-state index contributed by atoms with van der Waals surface area (Å²) in [5.41, 5.74) is 5.15. The van der Waals surface area contributed by atoms with Crippen LogP contribution in [0.15, 0.2) is 42.6 Å². The maximum atomic E-state index is 4.74. The molecule has 1 unspecified atom stereocenters. The van der Waals surface area contributed by atoms with E-state index in [0.717, 1.165) is 18.0 Å². The highest BCUT2D eigenvalue weighted by Gasteiger charge is 2.05. The second-order valence-corrected chi connectivity index (χ2v) is 8.91. The highest BCUT2D eigenvalue weighted by atomic mass is 14.7. The van der Waals surface area contributed by atoms with Gasteiger partial charge in [0.1, 0.15) is 0 Å². The van der Waals surface area contributed by atoms with Crippen LogP contribution in [-0.2, 0) is 12.8 Å². The standard InChI is InChI=1S/C28H43N/c1-4-6-8-9-10-12-14-25-17-20-27(21-18-25)28-22-19-26(23-29-28)16-15-24(3)13-11-7-5-2/h17-24H,4-16H2,1-3H3. The van der Waals surface area contributed by atoms with Crippen molar-refractivity contribution in [2.75, 3.05) is 0 Å². The van der Waals surface area contributed by atoms with E-state index in [-0.39, 0.29) is 0 Å². The van der Waals surface area contributed by atoms with E-state index in [1.165, 1.54) is 93.7 Å². The molecule has 0 bridgehead atoms. The fourth-order valence-corrected chi connectivity index (χ4v) is 3.99. The van der Waals surface area contributed by atoms with Gasteiger partial charge in [-0.15, -0.1) is 0 Å². The van der Waals surface area contributed by atoms with Crippen LogP contribution in [0.4, 0.5) is 0 Å². The van der Waals surface area contributed by atoms with Crippen molar-refractivity contribution in [3.63, 3.8) is 0 Å². The molecule has 0 amide bonds. The lowest BCUT2D eigenvalue weighted by Gasteiger charge is -2.11. The molecule has 1 heteroatoms. The van der Waals surface area contributed by atoms with E-state index >= 15 is 0 Å². The minimum absolute atomic E-state index is 0.820. The van der Waals surface area contributed by atoms with Gasteiger partial charge in [-0.2, -0.15) is 0 Å². The minimum atomic E-state index is 0.820. The summed E-state index contributed by atoms with van der Waals surface area (Å²) in [6.45, 7) is 6.95. The molecule has 1 heterocycles. The van der Waals surface area contributed by atoms with Gasteiger partial charge in [-0.3, -0.25) is 4.98 Å². The predicted octanol–water partition coefficient (Wildman–Crippen LogP) is 8.80. The maximum absolute atomic E-state index is 4.74. The lowest BCUT2D eigenvalue weighted by molar-refractivity contribution is 0.464. The lowest BCUT2D eigenvalue weighted by atomic mass is 9.96. The van der Waals surface area contributed by atoms with E-state index in [9.17, 15) is 0 Å². The van der Waals surface area contributed by atoms with Crippen LogP contribution in [0.25, 0.3) is 11.3 Å². The summed E-state index contributed by atoms with van der Waals surface area (Å²) in [4.78, 5) is 4.74. The third kappa shape index (κ3) is 9.61. The molecule has 1 aromatic carbocycles. The van der Waals surface area contributed by atoms with Crippen LogP contribution in [0, 0.1) is 5.92 Å². The first-order chi connectivity index (χ1) is 14.2. The Labute approximate surface area is 180 Å². The van der Waals surface area contributed by atoms with Crippen LogP contribution in [0.2, 0.25) is 0 Å². The number of unbranched alkanes of at least 4 members (excludes halogenated alkanes) is 7. The molecule has 2 rings (SSSR count). The molecule has 0 aliphatic carbocycles. The first-order valence-electron chi connectivity index (χ1n) is 12.3. The summed E-state index contributed by atoms with van der Waals surface area (Å²) in [6.07, 6.45) is 19.3. The molecule has 29 heavy (non-hydrogen) atoms. The van der Waals surface area contributed by atoms with Gasteiger partial charge in [0.05, 0.1) is 5.69 Å². The average Bonchev–Trinajstić information content (AvgIpc) is 2.76. The largest absolute Gasteiger partial charge is 0.256 e. The van der Waals surface area contributed by atoms with Crippen molar-refractivity contribution in [1.29, 1.82) is 0 Å². The summed E-state index contributed by atoms with van der Waals surface area (Å²) in [6, 6.07) is 13.5. The summed E-state index contributed by atoms with van der Waals surface area (Å²) in [5.74, 6) is 0.820. The Kier molecular flexibility index (Phi) is 11.7. The van der Waals surface area contributed by atoms with E-state index < -0.39 is 0 Å². The molecule has 1 atom stereocenters. The van der Waals surface area contributed by atoms with Crippen molar-refractivity contribution >= 4 is 0 Å². The normalized spacial score (nSPS) is 12.2. The molecule has 0 fully saturated rings. The lowest BCUT2D eigenvalue weighted by Crippen LogP contribution is -1.98. The number of nitrogens with zero attached hydrogens (tertiary/aromatic N) is 1. The van der Waals surface area contributed by atoms with Crippen molar-refractivity contribution in [3.05, 3.63) is 53.7 Å². The van der Waals surface area contributed by atoms with Gasteiger partial charge in [0, 0.05) is 11.8 Å². The van der Waals surface area contributed by atoms with Crippen LogP contribution < -0.4 is 0 Å². The minimum Gasteiger partial charge on any atom is -0.256 e. The molecule has 2 aromatic rings.